The average molecular weight is 185 g/mol. The van der Waals surface area contributed by atoms with Crippen molar-refractivity contribution in [1.29, 1.82) is 0 Å². The number of rotatable bonds is 2. The highest BCUT2D eigenvalue weighted by molar-refractivity contribution is 8.01. The highest BCUT2D eigenvalue weighted by Gasteiger charge is 2.02. The lowest BCUT2D eigenvalue weighted by Gasteiger charge is -2.06. The first kappa shape index (κ1) is 8.81. The van der Waals surface area contributed by atoms with Gasteiger partial charge in [0.25, 0.3) is 0 Å². The number of nitrogens with two attached hydrogens (primary N) is 1. The molecule has 0 fully saturated rings. The van der Waals surface area contributed by atoms with Gasteiger partial charge in [0.1, 0.15) is 0 Å². The normalized spacial score (nSPS) is 10.0. The van der Waals surface area contributed by atoms with Crippen molar-refractivity contribution in [2.24, 2.45) is 0 Å². The summed E-state index contributed by atoms with van der Waals surface area (Å²) in [6, 6.07) is 6.01. The van der Waals surface area contributed by atoms with E-state index in [1.807, 2.05) is 18.4 Å². The zero-order valence-corrected chi connectivity index (χ0v) is 8.26. The van der Waals surface area contributed by atoms with Crippen molar-refractivity contribution in [1.82, 2.24) is 0 Å². The molecule has 1 aromatic carbocycles. The van der Waals surface area contributed by atoms with Crippen LogP contribution in [0.2, 0.25) is 0 Å². The summed E-state index contributed by atoms with van der Waals surface area (Å²) in [6.45, 7) is 0. The fourth-order valence-corrected chi connectivity index (χ4v) is 2.50. The third kappa shape index (κ3) is 1.84. The van der Waals surface area contributed by atoms with E-state index in [4.69, 9.17) is 5.73 Å². The Labute approximate surface area is 75.7 Å². The predicted molar refractivity (Wildman–Crippen MR) is 54.4 cm³/mol. The van der Waals surface area contributed by atoms with E-state index >= 15 is 0 Å². The van der Waals surface area contributed by atoms with Crippen LogP contribution in [-0.4, -0.2) is 12.5 Å². The summed E-state index contributed by atoms with van der Waals surface area (Å²) in [5.41, 5.74) is 6.65. The first-order chi connectivity index (χ1) is 5.29. The lowest BCUT2D eigenvalue weighted by atomic mass is 10.3. The molecule has 0 radical (unpaired) electrons. The van der Waals surface area contributed by atoms with Crippen LogP contribution in [0.4, 0.5) is 5.69 Å². The van der Waals surface area contributed by atoms with Gasteiger partial charge >= 0.3 is 0 Å². The topological polar surface area (TPSA) is 26.0 Å². The molecule has 0 heterocycles. The van der Waals surface area contributed by atoms with Crippen molar-refractivity contribution < 1.29 is 0 Å². The van der Waals surface area contributed by atoms with Crippen LogP contribution in [0.25, 0.3) is 0 Å². The van der Waals surface area contributed by atoms with Crippen LogP contribution in [-0.2, 0) is 0 Å². The summed E-state index contributed by atoms with van der Waals surface area (Å²) in [4.78, 5) is 2.46. The molecule has 0 unspecified atom stereocenters. The molecule has 0 saturated carbocycles. The standard InChI is InChI=1S/C8H11NS2/c1-10-7-5-3-4-6(9)8(7)11-2/h3-5H,9H2,1-2H3. The van der Waals surface area contributed by atoms with E-state index in [1.54, 1.807) is 23.5 Å². The van der Waals surface area contributed by atoms with Crippen LogP contribution in [0.15, 0.2) is 28.0 Å². The van der Waals surface area contributed by atoms with E-state index in [-0.39, 0.29) is 0 Å². The summed E-state index contributed by atoms with van der Waals surface area (Å²) < 4.78 is 0. The Balaban J connectivity index is 3.13. The second-order valence-corrected chi connectivity index (χ2v) is 3.75. The van der Waals surface area contributed by atoms with Crippen LogP contribution in [0.1, 0.15) is 0 Å². The van der Waals surface area contributed by atoms with Crippen molar-refractivity contribution in [3.05, 3.63) is 18.2 Å². The maximum atomic E-state index is 5.77. The zero-order valence-electron chi connectivity index (χ0n) is 6.63. The Morgan fingerprint density at radius 1 is 1.18 bits per heavy atom. The number of thioether (sulfide) groups is 2. The van der Waals surface area contributed by atoms with Gasteiger partial charge in [-0.25, -0.2) is 0 Å². The van der Waals surface area contributed by atoms with Gasteiger partial charge in [-0.1, -0.05) is 6.07 Å². The SMILES string of the molecule is CSc1cccc(N)c1SC. The average Bonchev–Trinajstić information content (AvgIpc) is 2.04. The maximum absolute atomic E-state index is 5.77. The van der Waals surface area contributed by atoms with E-state index in [0.717, 1.165) is 5.69 Å². The van der Waals surface area contributed by atoms with Gasteiger partial charge < -0.3 is 5.73 Å². The molecular formula is C8H11NS2. The Morgan fingerprint density at radius 3 is 2.36 bits per heavy atom. The van der Waals surface area contributed by atoms with Crippen molar-refractivity contribution in [3.63, 3.8) is 0 Å². The summed E-state index contributed by atoms with van der Waals surface area (Å²) in [5.74, 6) is 0. The molecule has 0 bridgehead atoms. The monoisotopic (exact) mass is 185 g/mol. The molecule has 2 N–H and O–H groups in total. The highest BCUT2D eigenvalue weighted by Crippen LogP contribution is 2.32. The van der Waals surface area contributed by atoms with Gasteiger partial charge in [-0.2, -0.15) is 0 Å². The Bertz CT molecular complexity index is 248. The number of nitrogen functional groups attached to an aromatic ring is 1. The van der Waals surface area contributed by atoms with Crippen LogP contribution in [0.5, 0.6) is 0 Å². The predicted octanol–water partition coefficient (Wildman–Crippen LogP) is 2.71. The third-order valence-corrected chi connectivity index (χ3v) is 3.21. The van der Waals surface area contributed by atoms with E-state index < -0.39 is 0 Å². The van der Waals surface area contributed by atoms with Gasteiger partial charge in [-0.05, 0) is 24.6 Å². The first-order valence-electron chi connectivity index (χ1n) is 3.26. The molecule has 0 saturated heterocycles. The first-order valence-corrected chi connectivity index (χ1v) is 5.71. The van der Waals surface area contributed by atoms with Gasteiger partial charge in [0.15, 0.2) is 0 Å². The molecule has 0 aliphatic heterocycles. The lowest BCUT2D eigenvalue weighted by molar-refractivity contribution is 1.26. The number of hydrogen-bond acceptors (Lipinski definition) is 3. The van der Waals surface area contributed by atoms with Crippen LogP contribution in [0.3, 0.4) is 0 Å². The van der Waals surface area contributed by atoms with E-state index in [9.17, 15) is 0 Å². The molecule has 0 spiro atoms. The van der Waals surface area contributed by atoms with Crippen molar-refractivity contribution in [3.8, 4) is 0 Å². The molecule has 11 heavy (non-hydrogen) atoms. The minimum absolute atomic E-state index is 0.879. The van der Waals surface area contributed by atoms with Gasteiger partial charge in [-0.15, -0.1) is 23.5 Å². The van der Waals surface area contributed by atoms with E-state index in [0.29, 0.717) is 0 Å². The molecule has 1 aromatic rings. The molecule has 0 atom stereocenters. The van der Waals surface area contributed by atoms with Crippen molar-refractivity contribution in [2.75, 3.05) is 18.2 Å². The van der Waals surface area contributed by atoms with Gasteiger partial charge in [0, 0.05) is 15.5 Å². The summed E-state index contributed by atoms with van der Waals surface area (Å²) in [5, 5.41) is 0. The third-order valence-electron chi connectivity index (χ3n) is 1.43. The lowest BCUT2D eigenvalue weighted by Crippen LogP contribution is -1.88. The minimum atomic E-state index is 0.879. The Morgan fingerprint density at radius 2 is 1.91 bits per heavy atom. The van der Waals surface area contributed by atoms with Crippen LogP contribution >= 0.6 is 23.5 Å². The quantitative estimate of drug-likeness (QED) is 0.566. The van der Waals surface area contributed by atoms with Crippen molar-refractivity contribution in [2.45, 2.75) is 9.79 Å². The molecule has 1 rings (SSSR count). The Kier molecular flexibility index (Phi) is 3.15. The minimum Gasteiger partial charge on any atom is -0.398 e. The molecule has 3 heteroatoms. The molecule has 0 aliphatic carbocycles. The van der Waals surface area contributed by atoms with E-state index in [2.05, 4.69) is 12.3 Å². The largest absolute Gasteiger partial charge is 0.398 e. The molecule has 0 aromatic heterocycles. The smallest absolute Gasteiger partial charge is 0.0463 e. The maximum Gasteiger partial charge on any atom is 0.0463 e. The molecule has 1 nitrogen and oxygen atoms in total. The van der Waals surface area contributed by atoms with Crippen molar-refractivity contribution >= 4 is 29.2 Å². The number of benzene rings is 1. The zero-order chi connectivity index (χ0) is 8.27. The molecular weight excluding hydrogens is 174 g/mol. The van der Waals surface area contributed by atoms with Gasteiger partial charge in [-0.3, -0.25) is 0 Å². The number of hydrogen-bond donors (Lipinski definition) is 1. The fourth-order valence-electron chi connectivity index (χ4n) is 0.912. The summed E-state index contributed by atoms with van der Waals surface area (Å²) >= 11 is 3.43. The summed E-state index contributed by atoms with van der Waals surface area (Å²) in [6.07, 6.45) is 4.11. The fraction of sp³-hybridized carbons (Fsp3) is 0.250. The highest BCUT2D eigenvalue weighted by atomic mass is 32.2. The molecule has 0 amide bonds. The molecule has 0 aliphatic rings. The van der Waals surface area contributed by atoms with Gasteiger partial charge in [0.2, 0.25) is 0 Å². The number of anilines is 1. The second kappa shape index (κ2) is 3.93. The Hall–Kier alpha value is -0.280. The summed E-state index contributed by atoms with van der Waals surface area (Å²) in [7, 11) is 0. The second-order valence-electron chi connectivity index (χ2n) is 2.08. The van der Waals surface area contributed by atoms with E-state index in [1.165, 1.54) is 9.79 Å². The van der Waals surface area contributed by atoms with Crippen LogP contribution in [0, 0.1) is 0 Å². The van der Waals surface area contributed by atoms with Crippen LogP contribution < -0.4 is 5.73 Å². The molecule has 60 valence electrons. The van der Waals surface area contributed by atoms with Gasteiger partial charge in [0.05, 0.1) is 0 Å².